The molecule has 1 aliphatic heterocycles. The fourth-order valence-electron chi connectivity index (χ4n) is 7.42. The van der Waals surface area contributed by atoms with Gasteiger partial charge in [-0.2, -0.15) is 4.58 Å². The van der Waals surface area contributed by atoms with Gasteiger partial charge in [-0.15, -0.1) is 0 Å². The molecular weight excluding hydrogens is 591 g/mol. The van der Waals surface area contributed by atoms with Crippen LogP contribution in [0.5, 0.6) is 0 Å². The first-order valence-electron chi connectivity index (χ1n) is 15.8. The van der Waals surface area contributed by atoms with Gasteiger partial charge in [-0.1, -0.05) is 103 Å². The van der Waals surface area contributed by atoms with Crippen LogP contribution in [0.15, 0.2) is 114 Å². The Labute approximate surface area is 273 Å². The molecule has 0 atom stereocenters. The van der Waals surface area contributed by atoms with E-state index in [9.17, 15) is 0 Å². The predicted octanol–water partition coefficient (Wildman–Crippen LogP) is 10.7. The number of rotatable bonds is 6. The van der Waals surface area contributed by atoms with E-state index in [1.807, 2.05) is 6.07 Å². The normalized spacial score (nSPS) is 16.4. The van der Waals surface area contributed by atoms with E-state index in [0.29, 0.717) is 0 Å². The SMILES string of the molecule is CCc1cc2[nH]c(=CC=C3CCC(C=CC4=[N+](CC)c5ccc(Cl)c6cccc4c56)=C3c3ccccc3)c3cccc(c1Cl)c23. The molecule has 0 spiro atoms. The summed E-state index contributed by atoms with van der Waals surface area (Å²) in [6.45, 7) is 5.26. The average molecular weight is 625 g/mol. The maximum Gasteiger partial charge on any atom is 0.214 e. The summed E-state index contributed by atoms with van der Waals surface area (Å²) in [7, 11) is 0. The first kappa shape index (κ1) is 28.1. The Morgan fingerprint density at radius 2 is 1.58 bits per heavy atom. The highest BCUT2D eigenvalue weighted by atomic mass is 35.5. The van der Waals surface area contributed by atoms with Gasteiger partial charge in [0.25, 0.3) is 0 Å². The number of hydrogen-bond acceptors (Lipinski definition) is 0. The van der Waals surface area contributed by atoms with E-state index in [4.69, 9.17) is 23.2 Å². The molecule has 45 heavy (non-hydrogen) atoms. The first-order chi connectivity index (χ1) is 22.1. The average Bonchev–Trinajstić information content (AvgIpc) is 3.75. The zero-order valence-electron chi connectivity index (χ0n) is 25.4. The second kappa shape index (κ2) is 11.2. The Hall–Kier alpha value is -4.37. The van der Waals surface area contributed by atoms with Crippen LogP contribution in [0.25, 0.3) is 44.1 Å². The van der Waals surface area contributed by atoms with Gasteiger partial charge in [-0.25, -0.2) is 0 Å². The summed E-state index contributed by atoms with van der Waals surface area (Å²) in [6.07, 6.45) is 12.1. The molecular formula is C41H33Cl2N2+. The summed E-state index contributed by atoms with van der Waals surface area (Å²) in [4.78, 5) is 3.71. The van der Waals surface area contributed by atoms with E-state index in [-0.39, 0.29) is 0 Å². The van der Waals surface area contributed by atoms with Crippen molar-refractivity contribution in [2.24, 2.45) is 0 Å². The molecule has 2 nitrogen and oxygen atoms in total. The third kappa shape index (κ3) is 4.50. The van der Waals surface area contributed by atoms with E-state index in [1.54, 1.807) is 0 Å². The van der Waals surface area contributed by atoms with Crippen molar-refractivity contribution in [1.29, 1.82) is 0 Å². The molecule has 1 aliphatic carbocycles. The number of nitrogens with zero attached hydrogens (tertiary/aromatic N) is 1. The van der Waals surface area contributed by atoms with Gasteiger partial charge in [-0.05, 0) is 78.3 Å². The molecule has 2 aliphatic rings. The Morgan fingerprint density at radius 1 is 0.778 bits per heavy atom. The lowest BCUT2D eigenvalue weighted by Crippen LogP contribution is -2.11. The Kier molecular flexibility index (Phi) is 7.01. The summed E-state index contributed by atoms with van der Waals surface area (Å²) < 4.78 is 2.41. The second-order valence-electron chi connectivity index (χ2n) is 11.9. The van der Waals surface area contributed by atoms with E-state index in [2.05, 4.69) is 127 Å². The Morgan fingerprint density at radius 3 is 2.40 bits per heavy atom. The van der Waals surface area contributed by atoms with Gasteiger partial charge < -0.3 is 4.98 Å². The Balaban J connectivity index is 1.25. The largest absolute Gasteiger partial charge is 0.354 e. The van der Waals surface area contributed by atoms with Crippen molar-refractivity contribution in [1.82, 2.24) is 4.98 Å². The minimum Gasteiger partial charge on any atom is -0.354 e. The molecule has 5 aromatic carbocycles. The van der Waals surface area contributed by atoms with Crippen molar-refractivity contribution in [3.8, 4) is 0 Å². The van der Waals surface area contributed by atoms with Crippen molar-refractivity contribution in [3.63, 3.8) is 0 Å². The van der Waals surface area contributed by atoms with Gasteiger partial charge >= 0.3 is 0 Å². The number of hydrogen-bond donors (Lipinski definition) is 1. The van der Waals surface area contributed by atoms with Crippen LogP contribution in [-0.4, -0.2) is 21.8 Å². The van der Waals surface area contributed by atoms with Crippen LogP contribution in [0.3, 0.4) is 0 Å². The number of H-pyrrole nitrogens is 1. The fraction of sp³-hybridized carbons (Fsp3) is 0.146. The summed E-state index contributed by atoms with van der Waals surface area (Å²) in [5.74, 6) is 0. The topological polar surface area (TPSA) is 18.8 Å². The van der Waals surface area contributed by atoms with Crippen LogP contribution in [0.2, 0.25) is 10.0 Å². The molecule has 0 amide bonds. The quantitative estimate of drug-likeness (QED) is 0.178. The van der Waals surface area contributed by atoms with Crippen molar-refractivity contribution in [2.45, 2.75) is 33.1 Å². The molecule has 0 unspecified atom stereocenters. The van der Waals surface area contributed by atoms with Gasteiger partial charge in [0.05, 0.1) is 16.0 Å². The predicted molar refractivity (Wildman–Crippen MR) is 193 cm³/mol. The number of allylic oxidation sites excluding steroid dienone is 6. The number of aromatic nitrogens is 1. The first-order valence-corrected chi connectivity index (χ1v) is 16.6. The van der Waals surface area contributed by atoms with Gasteiger partial charge in [0.2, 0.25) is 11.4 Å². The maximum atomic E-state index is 6.81. The maximum absolute atomic E-state index is 6.81. The van der Waals surface area contributed by atoms with Gasteiger partial charge in [0.1, 0.15) is 6.54 Å². The molecule has 2 heterocycles. The molecule has 8 rings (SSSR count). The highest BCUT2D eigenvalue weighted by Gasteiger charge is 2.30. The Bertz CT molecular complexity index is 2350. The van der Waals surface area contributed by atoms with E-state index in [0.717, 1.165) is 57.5 Å². The van der Waals surface area contributed by atoms with E-state index >= 15 is 0 Å². The summed E-state index contributed by atoms with van der Waals surface area (Å²) >= 11 is 13.4. The smallest absolute Gasteiger partial charge is 0.214 e. The molecule has 220 valence electrons. The van der Waals surface area contributed by atoms with Crippen molar-refractivity contribution >= 4 is 78.7 Å². The lowest BCUT2D eigenvalue weighted by Gasteiger charge is -2.07. The van der Waals surface area contributed by atoms with Crippen LogP contribution in [-0.2, 0) is 6.42 Å². The highest BCUT2D eigenvalue weighted by molar-refractivity contribution is 6.38. The summed E-state index contributed by atoms with van der Waals surface area (Å²) in [5, 5.41) is 8.69. The lowest BCUT2D eigenvalue weighted by atomic mass is 9.97. The van der Waals surface area contributed by atoms with Crippen LogP contribution in [0.1, 0.15) is 43.4 Å². The number of aryl methyl sites for hydroxylation is 1. The molecule has 0 radical (unpaired) electrons. The molecule has 6 aromatic rings. The zero-order valence-corrected chi connectivity index (χ0v) is 26.9. The second-order valence-corrected chi connectivity index (χ2v) is 12.7. The highest BCUT2D eigenvalue weighted by Crippen LogP contribution is 2.41. The van der Waals surface area contributed by atoms with Crippen LogP contribution >= 0.6 is 23.2 Å². The number of nitrogens with one attached hydrogen (secondary N) is 1. The molecule has 4 heteroatoms. The minimum atomic E-state index is 0.802. The van der Waals surface area contributed by atoms with Crippen molar-refractivity contribution in [2.75, 3.05) is 6.54 Å². The third-order valence-corrected chi connectivity index (χ3v) is 10.3. The molecule has 1 N–H and O–H groups in total. The molecule has 0 saturated heterocycles. The molecule has 1 aromatic heterocycles. The number of halogens is 2. The lowest BCUT2D eigenvalue weighted by molar-refractivity contribution is -0.430. The monoisotopic (exact) mass is 623 g/mol. The minimum absolute atomic E-state index is 0.802. The third-order valence-electron chi connectivity index (χ3n) is 9.51. The van der Waals surface area contributed by atoms with E-state index in [1.165, 1.54) is 61.0 Å². The van der Waals surface area contributed by atoms with Crippen LogP contribution in [0.4, 0.5) is 5.69 Å². The molecule has 0 saturated carbocycles. The zero-order chi connectivity index (χ0) is 30.7. The van der Waals surface area contributed by atoms with Crippen molar-refractivity contribution in [3.05, 3.63) is 146 Å². The van der Waals surface area contributed by atoms with Gasteiger partial charge in [0, 0.05) is 49.6 Å². The summed E-state index contributed by atoms with van der Waals surface area (Å²) in [5.41, 5.74) is 11.3. The van der Waals surface area contributed by atoms with Crippen molar-refractivity contribution < 1.29 is 4.58 Å². The summed E-state index contributed by atoms with van der Waals surface area (Å²) in [6, 6.07) is 30.1. The van der Waals surface area contributed by atoms with Gasteiger partial charge in [-0.3, -0.25) is 0 Å². The van der Waals surface area contributed by atoms with E-state index < -0.39 is 0 Å². The van der Waals surface area contributed by atoms with Gasteiger partial charge in [0.15, 0.2) is 0 Å². The number of benzene rings is 5. The van der Waals surface area contributed by atoms with Crippen LogP contribution < -0.4 is 5.35 Å². The number of aromatic amines is 1. The molecule has 0 bridgehead atoms. The fourth-order valence-corrected chi connectivity index (χ4v) is 7.98. The van der Waals surface area contributed by atoms with Crippen LogP contribution in [0, 0.1) is 0 Å². The standard InChI is InChI=1S/C41H32Cl2N2/c1-3-25-24-35-39-30(13-9-15-32(39)41(25)43)34(44-35)21-18-27-16-17-28(38(27)26-10-6-5-7-11-26)19-22-36-31-14-8-12-29-33(42)20-23-37(40(29)31)45(36)4-2/h5-15,18-24H,3-4,16-17H2,1-2H3/p+1. The molecule has 0 fully saturated rings.